The highest BCUT2D eigenvalue weighted by atomic mass is 32.2. The number of nitrogens with zero attached hydrogens (tertiary/aromatic N) is 3. The first-order chi connectivity index (χ1) is 7.93. The van der Waals surface area contributed by atoms with E-state index in [1.807, 2.05) is 11.8 Å². The minimum absolute atomic E-state index is 0.381. The summed E-state index contributed by atoms with van der Waals surface area (Å²) in [5.74, 6) is 3.04. The van der Waals surface area contributed by atoms with Crippen LogP contribution in [0.3, 0.4) is 0 Å². The van der Waals surface area contributed by atoms with Crippen LogP contribution in [0.1, 0.15) is 11.7 Å². The van der Waals surface area contributed by atoms with Crippen molar-refractivity contribution in [1.82, 2.24) is 25.5 Å². The summed E-state index contributed by atoms with van der Waals surface area (Å²) in [6.45, 7) is 1.06. The van der Waals surface area contributed by atoms with Crippen LogP contribution in [0.4, 0.5) is 0 Å². The predicted molar refractivity (Wildman–Crippen MR) is 65.6 cm³/mol. The van der Waals surface area contributed by atoms with Crippen LogP contribution in [0.15, 0.2) is 11.7 Å². The Kier molecular flexibility index (Phi) is 2.90. The molecular formula is C9H11N5S2. The molecule has 3 heterocycles. The van der Waals surface area contributed by atoms with Gasteiger partial charge in [0.05, 0.1) is 11.7 Å². The highest BCUT2D eigenvalue weighted by molar-refractivity contribution is 7.99. The second-order valence-corrected chi connectivity index (χ2v) is 5.50. The van der Waals surface area contributed by atoms with Gasteiger partial charge in [0.1, 0.15) is 6.33 Å². The molecule has 0 aromatic carbocycles. The van der Waals surface area contributed by atoms with E-state index in [9.17, 15) is 0 Å². The number of rotatable bonds is 2. The van der Waals surface area contributed by atoms with E-state index in [0.717, 1.165) is 28.8 Å². The van der Waals surface area contributed by atoms with Gasteiger partial charge < -0.3 is 5.32 Å². The first kappa shape index (κ1) is 10.2. The van der Waals surface area contributed by atoms with Crippen molar-refractivity contribution in [1.29, 1.82) is 0 Å². The number of hydrogen-bond donors (Lipinski definition) is 2. The molecule has 0 spiro atoms. The fourth-order valence-corrected chi connectivity index (χ4v) is 3.39. The molecule has 0 radical (unpaired) electrons. The fraction of sp³-hybridized carbons (Fsp3) is 0.444. The molecule has 7 heteroatoms. The van der Waals surface area contributed by atoms with Crippen molar-refractivity contribution in [3.63, 3.8) is 0 Å². The molecule has 0 amide bonds. The van der Waals surface area contributed by atoms with E-state index in [-0.39, 0.29) is 0 Å². The molecule has 0 aliphatic carbocycles. The average molecular weight is 253 g/mol. The van der Waals surface area contributed by atoms with Crippen molar-refractivity contribution in [2.24, 2.45) is 0 Å². The summed E-state index contributed by atoms with van der Waals surface area (Å²) >= 11 is 3.58. The number of thiazole rings is 1. The van der Waals surface area contributed by atoms with Crippen LogP contribution < -0.4 is 5.32 Å². The summed E-state index contributed by atoms with van der Waals surface area (Å²) < 4.78 is 0. The maximum Gasteiger partial charge on any atom is 0.184 e. The van der Waals surface area contributed by atoms with Crippen LogP contribution in [0.25, 0.3) is 10.8 Å². The van der Waals surface area contributed by atoms with Crippen molar-refractivity contribution in [2.45, 2.75) is 6.04 Å². The average Bonchev–Trinajstić information content (AvgIpc) is 3.01. The number of nitrogens with one attached hydrogen (secondary N) is 2. The van der Waals surface area contributed by atoms with Gasteiger partial charge in [0.2, 0.25) is 0 Å². The lowest BCUT2D eigenvalue weighted by Gasteiger charge is -2.21. The number of thioether (sulfide) groups is 1. The molecule has 1 fully saturated rings. The molecule has 3 rings (SSSR count). The fourth-order valence-electron chi connectivity index (χ4n) is 1.62. The van der Waals surface area contributed by atoms with E-state index in [0.29, 0.717) is 6.04 Å². The summed E-state index contributed by atoms with van der Waals surface area (Å²) in [7, 11) is 0. The largest absolute Gasteiger partial charge is 0.307 e. The molecule has 1 aliphatic rings. The van der Waals surface area contributed by atoms with Crippen molar-refractivity contribution in [3.05, 3.63) is 17.4 Å². The van der Waals surface area contributed by atoms with E-state index in [1.165, 1.54) is 12.1 Å². The van der Waals surface area contributed by atoms with Crippen molar-refractivity contribution >= 4 is 23.1 Å². The zero-order valence-electron chi connectivity index (χ0n) is 8.51. The molecule has 2 N–H and O–H groups in total. The normalized spacial score (nSPS) is 21.1. The number of hydrogen-bond acceptors (Lipinski definition) is 6. The van der Waals surface area contributed by atoms with Gasteiger partial charge in [-0.3, -0.25) is 5.10 Å². The molecule has 5 nitrogen and oxygen atoms in total. The van der Waals surface area contributed by atoms with Crippen LogP contribution >= 0.6 is 23.1 Å². The van der Waals surface area contributed by atoms with Crippen LogP contribution in [-0.4, -0.2) is 38.2 Å². The topological polar surface area (TPSA) is 66.5 Å². The van der Waals surface area contributed by atoms with Gasteiger partial charge >= 0.3 is 0 Å². The van der Waals surface area contributed by atoms with Gasteiger partial charge in [0, 0.05) is 23.4 Å². The highest BCUT2D eigenvalue weighted by Gasteiger charge is 2.18. The summed E-state index contributed by atoms with van der Waals surface area (Å²) in [6.07, 6.45) is 1.51. The predicted octanol–water partition coefficient (Wildman–Crippen LogP) is 1.31. The lowest BCUT2D eigenvalue weighted by molar-refractivity contribution is 0.584. The smallest absolute Gasteiger partial charge is 0.184 e. The molecule has 16 heavy (non-hydrogen) atoms. The number of aromatic nitrogens is 4. The molecular weight excluding hydrogens is 242 g/mol. The third-order valence-corrected chi connectivity index (χ3v) is 4.35. The molecule has 1 atom stereocenters. The zero-order valence-corrected chi connectivity index (χ0v) is 10.1. The van der Waals surface area contributed by atoms with E-state index in [1.54, 1.807) is 11.3 Å². The molecule has 1 aliphatic heterocycles. The van der Waals surface area contributed by atoms with Crippen molar-refractivity contribution < 1.29 is 0 Å². The lowest BCUT2D eigenvalue weighted by atomic mass is 10.2. The van der Waals surface area contributed by atoms with Gasteiger partial charge in [0.15, 0.2) is 10.8 Å². The monoisotopic (exact) mass is 253 g/mol. The Morgan fingerprint density at radius 2 is 2.44 bits per heavy atom. The standard InChI is InChI=1S/C9H11N5S2/c1-2-15-3-6(10-1)7-4-16-9(13-7)8-11-5-12-14-8/h4-6,10H,1-3H2,(H,11,12,14). The van der Waals surface area contributed by atoms with Crippen LogP contribution in [0.5, 0.6) is 0 Å². The Balaban J connectivity index is 1.82. The minimum atomic E-state index is 0.381. The maximum atomic E-state index is 4.59. The Hall–Kier alpha value is -0.920. The third kappa shape index (κ3) is 1.98. The van der Waals surface area contributed by atoms with E-state index < -0.39 is 0 Å². The van der Waals surface area contributed by atoms with E-state index >= 15 is 0 Å². The SMILES string of the molecule is c1n[nH]c(-c2nc(C3CSCCN3)cs2)n1. The van der Waals surface area contributed by atoms with Crippen molar-refractivity contribution in [2.75, 3.05) is 18.1 Å². The summed E-state index contributed by atoms with van der Waals surface area (Å²) in [6, 6.07) is 0.381. The van der Waals surface area contributed by atoms with Crippen LogP contribution in [0, 0.1) is 0 Å². The lowest BCUT2D eigenvalue weighted by Crippen LogP contribution is -2.30. The van der Waals surface area contributed by atoms with Crippen molar-refractivity contribution in [3.8, 4) is 10.8 Å². The second-order valence-electron chi connectivity index (χ2n) is 3.49. The molecule has 2 aromatic heterocycles. The minimum Gasteiger partial charge on any atom is -0.307 e. The molecule has 0 bridgehead atoms. The van der Waals surface area contributed by atoms with Gasteiger partial charge in [-0.1, -0.05) is 0 Å². The second kappa shape index (κ2) is 4.52. The first-order valence-electron chi connectivity index (χ1n) is 5.06. The molecule has 0 saturated carbocycles. The van der Waals surface area contributed by atoms with Gasteiger partial charge in [0.25, 0.3) is 0 Å². The highest BCUT2D eigenvalue weighted by Crippen LogP contribution is 2.26. The maximum absolute atomic E-state index is 4.59. The molecule has 2 aromatic rings. The molecule has 1 saturated heterocycles. The number of H-pyrrole nitrogens is 1. The van der Waals surface area contributed by atoms with Gasteiger partial charge in [-0.15, -0.1) is 11.3 Å². The summed E-state index contributed by atoms with van der Waals surface area (Å²) in [5, 5.41) is 13.1. The Bertz CT molecular complexity index is 446. The van der Waals surface area contributed by atoms with Gasteiger partial charge in [-0.25, -0.2) is 9.97 Å². The molecule has 84 valence electrons. The third-order valence-electron chi connectivity index (χ3n) is 2.42. The Labute approximate surface area is 101 Å². The van der Waals surface area contributed by atoms with E-state index in [4.69, 9.17) is 0 Å². The molecule has 1 unspecified atom stereocenters. The van der Waals surface area contributed by atoms with Crippen LogP contribution in [0.2, 0.25) is 0 Å². The first-order valence-corrected chi connectivity index (χ1v) is 7.09. The summed E-state index contributed by atoms with van der Waals surface area (Å²) in [5.41, 5.74) is 1.11. The zero-order chi connectivity index (χ0) is 10.8. The quantitative estimate of drug-likeness (QED) is 0.844. The van der Waals surface area contributed by atoms with Gasteiger partial charge in [-0.2, -0.15) is 16.9 Å². The van der Waals surface area contributed by atoms with Crippen LogP contribution in [-0.2, 0) is 0 Å². The number of aromatic amines is 1. The Morgan fingerprint density at radius 1 is 1.44 bits per heavy atom. The Morgan fingerprint density at radius 3 is 3.19 bits per heavy atom. The van der Waals surface area contributed by atoms with E-state index in [2.05, 4.69) is 30.9 Å². The summed E-state index contributed by atoms with van der Waals surface area (Å²) in [4.78, 5) is 8.69. The van der Waals surface area contributed by atoms with Gasteiger partial charge in [-0.05, 0) is 0 Å².